The molecule has 0 aromatic heterocycles. The van der Waals surface area contributed by atoms with Crippen molar-refractivity contribution in [2.45, 2.75) is 0 Å². The van der Waals surface area contributed by atoms with E-state index in [0.717, 1.165) is 0 Å². The third-order valence-electron chi connectivity index (χ3n) is 2.67. The third kappa shape index (κ3) is 20.4. The Balaban J connectivity index is 0. The van der Waals surface area contributed by atoms with Gasteiger partial charge < -0.3 is 0 Å². The van der Waals surface area contributed by atoms with Gasteiger partial charge in [-0.1, -0.05) is 146 Å². The van der Waals surface area contributed by atoms with Crippen LogP contribution in [-0.4, -0.2) is 0 Å². The van der Waals surface area contributed by atoms with E-state index in [-0.39, 0.29) is 43.4 Å². The molecule has 2 heteroatoms. The van der Waals surface area contributed by atoms with Gasteiger partial charge in [0.2, 0.25) is 0 Å². The fraction of sp³-hybridized carbons (Fsp3) is 0. The van der Waals surface area contributed by atoms with Crippen LogP contribution in [0.5, 0.6) is 0 Å². The van der Waals surface area contributed by atoms with Gasteiger partial charge in [0.05, 0.1) is 0 Å². The molecule has 0 spiro atoms. The van der Waals surface area contributed by atoms with Crippen molar-refractivity contribution in [1.82, 2.24) is 0 Å². The van der Waals surface area contributed by atoms with Gasteiger partial charge in [-0.2, -0.15) is 0 Å². The molecule has 0 aromatic rings. The van der Waals surface area contributed by atoms with Crippen LogP contribution in [0.4, 0.5) is 0 Å². The summed E-state index contributed by atoms with van der Waals surface area (Å²) in [5, 5.41) is 0. The second kappa shape index (κ2) is 23.3. The van der Waals surface area contributed by atoms with Crippen molar-refractivity contribution >= 4 is 0 Å². The zero-order chi connectivity index (χ0) is 17.0. The van der Waals surface area contributed by atoms with Gasteiger partial charge in [0.1, 0.15) is 0 Å². The summed E-state index contributed by atoms with van der Waals surface area (Å²) in [5.74, 6) is 0. The minimum absolute atomic E-state index is 0. The zero-order valence-electron chi connectivity index (χ0n) is 14.9. The summed E-state index contributed by atoms with van der Waals surface area (Å²) < 4.78 is 0. The van der Waals surface area contributed by atoms with Crippen molar-refractivity contribution in [3.63, 3.8) is 0 Å². The summed E-state index contributed by atoms with van der Waals surface area (Å²) in [6.45, 7) is 0. The van der Waals surface area contributed by atoms with E-state index in [1.54, 1.807) is 0 Å². The van der Waals surface area contributed by atoms with E-state index < -0.39 is 0 Å². The van der Waals surface area contributed by atoms with Crippen LogP contribution in [-0.2, 0) is 43.4 Å². The van der Waals surface area contributed by atoms with E-state index in [2.05, 4.69) is 0 Å². The molecule has 0 atom stereocenters. The normalized spacial score (nSPS) is 14.8. The largest absolute Gasteiger partial charge is 0.0623 e. The number of hydrogen-bond donors (Lipinski definition) is 0. The maximum atomic E-state index is 2.00. The van der Waals surface area contributed by atoms with E-state index >= 15 is 0 Å². The molecule has 0 unspecified atom stereocenters. The van der Waals surface area contributed by atoms with Crippen LogP contribution in [0.25, 0.3) is 0 Å². The SMILES string of the molecule is C1=CC=CC=CC=C1.C1=CC=CC=CC=C1.C1=CC=CC=CC=C1.[Ti].[Ti]. The summed E-state index contributed by atoms with van der Waals surface area (Å²) >= 11 is 0. The standard InChI is InChI=1S/3C8H8.2Ti/c3*1-2-4-6-8-7-5-3-1;;/h3*1-8H;;. The summed E-state index contributed by atoms with van der Waals surface area (Å²) in [4.78, 5) is 0. The molecule has 0 N–H and O–H groups in total. The predicted octanol–water partition coefficient (Wildman–Crippen LogP) is 6.67. The van der Waals surface area contributed by atoms with Gasteiger partial charge >= 0.3 is 0 Å². The molecule has 3 aliphatic carbocycles. The first-order chi connectivity index (χ1) is 12.0. The first kappa shape index (κ1) is 26.5. The molecule has 0 saturated carbocycles. The molecule has 26 heavy (non-hydrogen) atoms. The Morgan fingerprint density at radius 3 is 0.192 bits per heavy atom. The van der Waals surface area contributed by atoms with E-state index in [0.29, 0.717) is 0 Å². The number of hydrogen-bond acceptors (Lipinski definition) is 0. The Hall–Kier alpha value is -1.69. The molecule has 0 aliphatic heterocycles. The summed E-state index contributed by atoms with van der Waals surface area (Å²) in [6.07, 6.45) is 48.0. The van der Waals surface area contributed by atoms with Gasteiger partial charge in [0.25, 0.3) is 0 Å². The van der Waals surface area contributed by atoms with Crippen molar-refractivity contribution in [1.29, 1.82) is 0 Å². The topological polar surface area (TPSA) is 0 Å². The Bertz CT molecular complexity index is 408. The van der Waals surface area contributed by atoms with Gasteiger partial charge in [-0.05, 0) is 0 Å². The van der Waals surface area contributed by atoms with Crippen molar-refractivity contribution in [3.8, 4) is 0 Å². The van der Waals surface area contributed by atoms with E-state index in [9.17, 15) is 0 Å². The Labute approximate surface area is 188 Å². The minimum atomic E-state index is 0. The quantitative estimate of drug-likeness (QED) is 0.393. The maximum absolute atomic E-state index is 2.00. The van der Waals surface area contributed by atoms with E-state index in [1.807, 2.05) is 146 Å². The average molecular weight is 408 g/mol. The van der Waals surface area contributed by atoms with Gasteiger partial charge in [0, 0.05) is 43.4 Å². The van der Waals surface area contributed by atoms with Crippen molar-refractivity contribution in [2.75, 3.05) is 0 Å². The van der Waals surface area contributed by atoms with Crippen molar-refractivity contribution in [2.24, 2.45) is 0 Å². The van der Waals surface area contributed by atoms with Crippen molar-refractivity contribution < 1.29 is 43.4 Å². The monoisotopic (exact) mass is 408 g/mol. The average Bonchev–Trinajstić information content (AvgIpc) is 2.46. The van der Waals surface area contributed by atoms with E-state index in [4.69, 9.17) is 0 Å². The Kier molecular flexibility index (Phi) is 23.8. The second-order valence-electron chi connectivity index (χ2n) is 4.62. The van der Waals surface area contributed by atoms with Crippen LogP contribution in [0, 0.1) is 0 Å². The Morgan fingerprint density at radius 1 is 0.115 bits per heavy atom. The Morgan fingerprint density at radius 2 is 0.154 bits per heavy atom. The molecule has 0 bridgehead atoms. The summed E-state index contributed by atoms with van der Waals surface area (Å²) in [7, 11) is 0. The first-order valence-corrected chi connectivity index (χ1v) is 8.00. The molecule has 3 rings (SSSR count). The van der Waals surface area contributed by atoms with Crippen LogP contribution >= 0.6 is 0 Å². The molecule has 128 valence electrons. The molecule has 0 saturated heterocycles. The molecule has 0 fully saturated rings. The number of rotatable bonds is 0. The second-order valence-corrected chi connectivity index (χ2v) is 4.62. The van der Waals surface area contributed by atoms with Crippen LogP contribution in [0.15, 0.2) is 146 Å². The van der Waals surface area contributed by atoms with Crippen LogP contribution in [0.2, 0.25) is 0 Å². The number of allylic oxidation sites excluding steroid dienone is 24. The summed E-state index contributed by atoms with van der Waals surface area (Å²) in [6, 6.07) is 0. The fourth-order valence-corrected chi connectivity index (χ4v) is 1.54. The van der Waals surface area contributed by atoms with Gasteiger partial charge in [0.15, 0.2) is 0 Å². The smallest absolute Gasteiger partial charge is 0 e. The maximum Gasteiger partial charge on any atom is 0 e. The minimum Gasteiger partial charge on any atom is -0.0623 e. The fourth-order valence-electron chi connectivity index (χ4n) is 1.54. The predicted molar refractivity (Wildman–Crippen MR) is 110 cm³/mol. The van der Waals surface area contributed by atoms with Crippen LogP contribution < -0.4 is 0 Å². The molecule has 0 nitrogen and oxygen atoms in total. The van der Waals surface area contributed by atoms with Crippen molar-refractivity contribution in [3.05, 3.63) is 146 Å². The summed E-state index contributed by atoms with van der Waals surface area (Å²) in [5.41, 5.74) is 0. The molecule has 0 heterocycles. The van der Waals surface area contributed by atoms with Crippen LogP contribution in [0.3, 0.4) is 0 Å². The first-order valence-electron chi connectivity index (χ1n) is 8.00. The molecule has 0 aromatic carbocycles. The molecule has 0 radical (unpaired) electrons. The molecular formula is C24H24Ti2. The molecule has 0 amide bonds. The van der Waals surface area contributed by atoms with Gasteiger partial charge in [-0.25, -0.2) is 0 Å². The van der Waals surface area contributed by atoms with Gasteiger partial charge in [-0.3, -0.25) is 0 Å². The molecular weight excluding hydrogens is 384 g/mol. The third-order valence-corrected chi connectivity index (χ3v) is 2.67. The zero-order valence-corrected chi connectivity index (χ0v) is 18.0. The van der Waals surface area contributed by atoms with E-state index in [1.165, 1.54) is 0 Å². The van der Waals surface area contributed by atoms with Crippen LogP contribution in [0.1, 0.15) is 0 Å². The molecule has 3 aliphatic rings. The van der Waals surface area contributed by atoms with Gasteiger partial charge in [-0.15, -0.1) is 0 Å².